The lowest BCUT2D eigenvalue weighted by molar-refractivity contribution is 0.707. The Labute approximate surface area is 115 Å². The standard InChI is InChI=1S/C12H16BrN5/c1-8(2)12-15-6-11(10(17-12)5-14-3)18-7-9(13)4-16-18/h4,6-8,14H,5H2,1-3H3. The minimum Gasteiger partial charge on any atom is -0.314 e. The second-order valence-electron chi connectivity index (χ2n) is 4.35. The van der Waals surface area contributed by atoms with Crippen LogP contribution in [-0.2, 0) is 6.54 Å². The third-order valence-corrected chi connectivity index (χ3v) is 2.93. The number of halogens is 1. The molecule has 0 aliphatic carbocycles. The van der Waals surface area contributed by atoms with Gasteiger partial charge in [-0.3, -0.25) is 0 Å². The third kappa shape index (κ3) is 2.76. The third-order valence-electron chi connectivity index (χ3n) is 2.52. The lowest BCUT2D eigenvalue weighted by Gasteiger charge is -2.11. The Hall–Kier alpha value is -1.27. The van der Waals surface area contributed by atoms with Gasteiger partial charge < -0.3 is 5.32 Å². The molecule has 0 radical (unpaired) electrons. The van der Waals surface area contributed by atoms with Gasteiger partial charge in [0.15, 0.2) is 0 Å². The van der Waals surface area contributed by atoms with Crippen molar-refractivity contribution in [2.24, 2.45) is 0 Å². The lowest BCUT2D eigenvalue weighted by atomic mass is 10.2. The number of hydrogen-bond donors (Lipinski definition) is 1. The SMILES string of the molecule is CNCc1nc(C(C)C)ncc1-n1cc(Br)cn1. The zero-order chi connectivity index (χ0) is 13.1. The summed E-state index contributed by atoms with van der Waals surface area (Å²) in [6, 6.07) is 0. The van der Waals surface area contributed by atoms with Crippen LogP contribution in [0.2, 0.25) is 0 Å². The van der Waals surface area contributed by atoms with Gasteiger partial charge in [0.1, 0.15) is 11.5 Å². The van der Waals surface area contributed by atoms with Crippen molar-refractivity contribution in [3.05, 3.63) is 34.6 Å². The molecule has 0 aromatic carbocycles. The Balaban J connectivity index is 2.46. The molecule has 18 heavy (non-hydrogen) atoms. The van der Waals surface area contributed by atoms with Crippen LogP contribution in [-0.4, -0.2) is 26.8 Å². The van der Waals surface area contributed by atoms with E-state index in [9.17, 15) is 0 Å². The molecule has 5 nitrogen and oxygen atoms in total. The number of aromatic nitrogens is 4. The molecule has 96 valence electrons. The van der Waals surface area contributed by atoms with Gasteiger partial charge in [-0.15, -0.1) is 0 Å². The number of nitrogens with one attached hydrogen (secondary N) is 1. The van der Waals surface area contributed by atoms with Gasteiger partial charge in [-0.1, -0.05) is 13.8 Å². The molecule has 6 heteroatoms. The Morgan fingerprint density at radius 3 is 2.72 bits per heavy atom. The first kappa shape index (κ1) is 13.2. The monoisotopic (exact) mass is 309 g/mol. The van der Waals surface area contributed by atoms with Crippen molar-refractivity contribution in [1.29, 1.82) is 0 Å². The number of rotatable bonds is 4. The van der Waals surface area contributed by atoms with Gasteiger partial charge in [0.25, 0.3) is 0 Å². The van der Waals surface area contributed by atoms with Gasteiger partial charge in [0.05, 0.1) is 22.6 Å². The summed E-state index contributed by atoms with van der Waals surface area (Å²) in [5.74, 6) is 1.18. The van der Waals surface area contributed by atoms with E-state index in [0.717, 1.165) is 21.7 Å². The maximum Gasteiger partial charge on any atom is 0.131 e. The molecular weight excluding hydrogens is 294 g/mol. The van der Waals surface area contributed by atoms with Crippen LogP contribution >= 0.6 is 15.9 Å². The van der Waals surface area contributed by atoms with Gasteiger partial charge in [-0.25, -0.2) is 14.6 Å². The minimum atomic E-state index is 0.319. The van der Waals surface area contributed by atoms with Crippen LogP contribution in [0.25, 0.3) is 5.69 Å². The summed E-state index contributed by atoms with van der Waals surface area (Å²) < 4.78 is 2.71. The highest BCUT2D eigenvalue weighted by Gasteiger charge is 2.11. The number of nitrogens with zero attached hydrogens (tertiary/aromatic N) is 4. The summed E-state index contributed by atoms with van der Waals surface area (Å²) in [6.07, 6.45) is 5.47. The summed E-state index contributed by atoms with van der Waals surface area (Å²) >= 11 is 3.39. The quantitative estimate of drug-likeness (QED) is 0.941. The first-order chi connectivity index (χ1) is 8.61. The Bertz CT molecular complexity index is 535. The molecule has 0 aliphatic heterocycles. The van der Waals surface area contributed by atoms with Gasteiger partial charge in [-0.2, -0.15) is 5.10 Å². The van der Waals surface area contributed by atoms with Crippen LogP contribution < -0.4 is 5.32 Å². The van der Waals surface area contributed by atoms with Gasteiger partial charge in [0, 0.05) is 18.7 Å². The maximum atomic E-state index is 4.60. The van der Waals surface area contributed by atoms with Crippen molar-refractivity contribution in [2.45, 2.75) is 26.3 Å². The van der Waals surface area contributed by atoms with E-state index in [4.69, 9.17) is 0 Å². The first-order valence-corrected chi connectivity index (χ1v) is 6.62. The second kappa shape index (κ2) is 5.58. The molecule has 0 saturated carbocycles. The molecule has 0 saturated heterocycles. The molecule has 0 unspecified atom stereocenters. The van der Waals surface area contributed by atoms with E-state index in [1.165, 1.54) is 0 Å². The highest BCUT2D eigenvalue weighted by Crippen LogP contribution is 2.17. The van der Waals surface area contributed by atoms with E-state index in [1.807, 2.05) is 19.4 Å². The Morgan fingerprint density at radius 1 is 1.39 bits per heavy atom. The smallest absolute Gasteiger partial charge is 0.131 e. The van der Waals surface area contributed by atoms with Gasteiger partial charge >= 0.3 is 0 Å². The highest BCUT2D eigenvalue weighted by molar-refractivity contribution is 9.10. The molecule has 2 aromatic rings. The highest BCUT2D eigenvalue weighted by atomic mass is 79.9. The fraction of sp³-hybridized carbons (Fsp3) is 0.417. The van der Waals surface area contributed by atoms with Crippen molar-refractivity contribution in [3.63, 3.8) is 0 Å². The fourth-order valence-corrected chi connectivity index (χ4v) is 1.91. The van der Waals surface area contributed by atoms with Crippen LogP contribution in [0.4, 0.5) is 0 Å². The molecule has 1 N–H and O–H groups in total. The summed E-state index contributed by atoms with van der Waals surface area (Å²) in [5, 5.41) is 7.39. The van der Waals surface area contributed by atoms with Gasteiger partial charge in [-0.05, 0) is 23.0 Å². The van der Waals surface area contributed by atoms with E-state index in [0.29, 0.717) is 12.5 Å². The average molecular weight is 310 g/mol. The Morgan fingerprint density at radius 2 is 2.17 bits per heavy atom. The van der Waals surface area contributed by atoms with Crippen molar-refractivity contribution >= 4 is 15.9 Å². The van der Waals surface area contributed by atoms with Crippen molar-refractivity contribution in [2.75, 3.05) is 7.05 Å². The first-order valence-electron chi connectivity index (χ1n) is 5.82. The normalized spacial score (nSPS) is 11.2. The minimum absolute atomic E-state index is 0.319. The molecule has 0 fully saturated rings. The van der Waals surface area contributed by atoms with Crippen LogP contribution in [0.3, 0.4) is 0 Å². The summed E-state index contributed by atoms with van der Waals surface area (Å²) in [6.45, 7) is 4.86. The molecule has 0 atom stereocenters. The van der Waals surface area contributed by atoms with Crippen LogP contribution in [0, 0.1) is 0 Å². The largest absolute Gasteiger partial charge is 0.314 e. The molecule has 0 amide bonds. The zero-order valence-electron chi connectivity index (χ0n) is 10.7. The van der Waals surface area contributed by atoms with E-state index < -0.39 is 0 Å². The molecule has 0 aliphatic rings. The zero-order valence-corrected chi connectivity index (χ0v) is 12.3. The lowest BCUT2D eigenvalue weighted by Crippen LogP contribution is -2.14. The predicted molar refractivity (Wildman–Crippen MR) is 73.7 cm³/mol. The molecule has 0 bridgehead atoms. The van der Waals surface area contributed by atoms with E-state index in [2.05, 4.69) is 50.2 Å². The van der Waals surface area contributed by atoms with Crippen molar-refractivity contribution < 1.29 is 0 Å². The predicted octanol–water partition coefficient (Wildman–Crippen LogP) is 2.27. The Kier molecular flexibility index (Phi) is 4.08. The maximum absolute atomic E-state index is 4.60. The van der Waals surface area contributed by atoms with E-state index in [1.54, 1.807) is 10.9 Å². The van der Waals surface area contributed by atoms with E-state index >= 15 is 0 Å². The molecular formula is C12H16BrN5. The van der Waals surface area contributed by atoms with Gasteiger partial charge in [0.2, 0.25) is 0 Å². The van der Waals surface area contributed by atoms with Crippen molar-refractivity contribution in [1.82, 2.24) is 25.1 Å². The average Bonchev–Trinajstić information content (AvgIpc) is 2.76. The van der Waals surface area contributed by atoms with Crippen LogP contribution in [0.5, 0.6) is 0 Å². The summed E-state index contributed by atoms with van der Waals surface area (Å²) in [4.78, 5) is 8.99. The van der Waals surface area contributed by atoms with Crippen molar-refractivity contribution in [3.8, 4) is 5.69 Å². The molecule has 0 spiro atoms. The molecule has 2 heterocycles. The summed E-state index contributed by atoms with van der Waals surface area (Å²) in [7, 11) is 1.90. The molecule has 2 rings (SSSR count). The summed E-state index contributed by atoms with van der Waals surface area (Å²) in [5.41, 5.74) is 1.85. The fourth-order valence-electron chi connectivity index (χ4n) is 1.63. The topological polar surface area (TPSA) is 55.6 Å². The second-order valence-corrected chi connectivity index (χ2v) is 5.26. The molecule has 2 aromatic heterocycles. The van der Waals surface area contributed by atoms with E-state index in [-0.39, 0.29) is 0 Å². The van der Waals surface area contributed by atoms with Crippen LogP contribution in [0.15, 0.2) is 23.1 Å². The van der Waals surface area contributed by atoms with Crippen LogP contribution in [0.1, 0.15) is 31.3 Å². The number of hydrogen-bond acceptors (Lipinski definition) is 4.